The normalized spacial score (nSPS) is 10.7. The molecule has 0 aliphatic heterocycles. The third kappa shape index (κ3) is 4.72. The maximum Gasteiger partial charge on any atom is 0.277 e. The van der Waals surface area contributed by atoms with Gasteiger partial charge in [-0.1, -0.05) is 11.6 Å². The average molecular weight is 303 g/mol. The lowest BCUT2D eigenvalue weighted by Crippen LogP contribution is -2.41. The Bertz CT molecular complexity index is 430. The van der Waals surface area contributed by atoms with Crippen LogP contribution in [0, 0.1) is 5.82 Å². The zero-order valence-electron chi connectivity index (χ0n) is 9.05. The molecular weight excluding hydrogens is 292 g/mol. The Labute approximate surface area is 113 Å². The molecule has 1 rings (SSSR count). The SMILES string of the molecule is Cl.NCC(F)(F)CNC(=O)c1ccc(F)cc1Cl. The minimum Gasteiger partial charge on any atom is -0.346 e. The van der Waals surface area contributed by atoms with Crippen LogP contribution in [-0.4, -0.2) is 24.9 Å². The molecule has 0 aliphatic rings. The molecule has 1 aromatic rings. The first-order valence-corrected chi connectivity index (χ1v) is 5.04. The highest BCUT2D eigenvalue weighted by Gasteiger charge is 2.27. The zero-order valence-corrected chi connectivity index (χ0v) is 10.6. The third-order valence-electron chi connectivity index (χ3n) is 1.98. The number of nitrogens with one attached hydrogen (secondary N) is 1. The van der Waals surface area contributed by atoms with Gasteiger partial charge in [0.05, 0.1) is 23.7 Å². The smallest absolute Gasteiger partial charge is 0.277 e. The van der Waals surface area contributed by atoms with Crippen molar-refractivity contribution in [3.05, 3.63) is 34.6 Å². The van der Waals surface area contributed by atoms with Crippen LogP contribution in [0.1, 0.15) is 10.4 Å². The molecule has 0 radical (unpaired) electrons. The number of carbonyl (C=O) groups is 1. The van der Waals surface area contributed by atoms with Gasteiger partial charge in [0.1, 0.15) is 5.82 Å². The van der Waals surface area contributed by atoms with Crippen LogP contribution in [0.2, 0.25) is 5.02 Å². The Morgan fingerprint density at radius 2 is 2.06 bits per heavy atom. The summed E-state index contributed by atoms with van der Waals surface area (Å²) in [6, 6.07) is 3.06. The quantitative estimate of drug-likeness (QED) is 0.896. The van der Waals surface area contributed by atoms with E-state index in [2.05, 4.69) is 0 Å². The van der Waals surface area contributed by atoms with Crippen LogP contribution < -0.4 is 11.1 Å². The van der Waals surface area contributed by atoms with Crippen LogP contribution >= 0.6 is 24.0 Å². The van der Waals surface area contributed by atoms with Gasteiger partial charge in [0.25, 0.3) is 11.8 Å². The molecule has 8 heteroatoms. The fourth-order valence-electron chi connectivity index (χ4n) is 1.05. The number of benzene rings is 1. The fourth-order valence-corrected chi connectivity index (χ4v) is 1.30. The van der Waals surface area contributed by atoms with Crippen molar-refractivity contribution in [3.8, 4) is 0 Å². The molecule has 0 aromatic heterocycles. The molecule has 0 aliphatic carbocycles. The minimum atomic E-state index is -3.18. The van der Waals surface area contributed by atoms with Gasteiger partial charge in [-0.3, -0.25) is 4.79 Å². The molecule has 0 fully saturated rings. The van der Waals surface area contributed by atoms with Crippen LogP contribution in [0.4, 0.5) is 13.2 Å². The van der Waals surface area contributed by atoms with E-state index in [1.54, 1.807) is 0 Å². The van der Waals surface area contributed by atoms with Gasteiger partial charge in [0, 0.05) is 0 Å². The molecule has 3 nitrogen and oxygen atoms in total. The molecule has 0 heterocycles. The van der Waals surface area contributed by atoms with Crippen molar-refractivity contribution >= 4 is 29.9 Å². The second-order valence-electron chi connectivity index (χ2n) is 3.37. The summed E-state index contributed by atoms with van der Waals surface area (Å²) in [5.41, 5.74) is 4.74. The van der Waals surface area contributed by atoms with E-state index < -0.39 is 30.7 Å². The van der Waals surface area contributed by atoms with Crippen molar-refractivity contribution < 1.29 is 18.0 Å². The van der Waals surface area contributed by atoms with E-state index in [9.17, 15) is 18.0 Å². The number of halogens is 5. The molecule has 0 atom stereocenters. The molecule has 0 unspecified atom stereocenters. The summed E-state index contributed by atoms with van der Waals surface area (Å²) in [5.74, 6) is -4.59. The van der Waals surface area contributed by atoms with Crippen LogP contribution in [0.3, 0.4) is 0 Å². The van der Waals surface area contributed by atoms with Gasteiger partial charge in [0.15, 0.2) is 0 Å². The highest BCUT2D eigenvalue weighted by atomic mass is 35.5. The van der Waals surface area contributed by atoms with Crippen molar-refractivity contribution in [2.24, 2.45) is 5.73 Å². The maximum atomic E-state index is 12.8. The zero-order chi connectivity index (χ0) is 13.1. The maximum absolute atomic E-state index is 12.8. The van der Waals surface area contributed by atoms with Crippen molar-refractivity contribution in [1.29, 1.82) is 0 Å². The molecular formula is C10H11Cl2F3N2O. The number of hydrogen-bond acceptors (Lipinski definition) is 2. The number of amides is 1. The fraction of sp³-hybridized carbons (Fsp3) is 0.300. The lowest BCUT2D eigenvalue weighted by Gasteiger charge is -2.14. The predicted octanol–water partition coefficient (Wildman–Crippen LogP) is 2.22. The van der Waals surface area contributed by atoms with Gasteiger partial charge in [-0.2, -0.15) is 0 Å². The van der Waals surface area contributed by atoms with Gasteiger partial charge >= 0.3 is 0 Å². The summed E-state index contributed by atoms with van der Waals surface area (Å²) >= 11 is 5.60. The average Bonchev–Trinajstić information content (AvgIpc) is 2.26. The number of carbonyl (C=O) groups excluding carboxylic acids is 1. The van der Waals surface area contributed by atoms with E-state index >= 15 is 0 Å². The predicted molar refractivity (Wildman–Crippen MR) is 65.0 cm³/mol. The van der Waals surface area contributed by atoms with E-state index in [-0.39, 0.29) is 23.0 Å². The Morgan fingerprint density at radius 1 is 1.44 bits per heavy atom. The van der Waals surface area contributed by atoms with Crippen LogP contribution in [0.15, 0.2) is 18.2 Å². The minimum absolute atomic E-state index is 0. The third-order valence-corrected chi connectivity index (χ3v) is 2.29. The largest absolute Gasteiger partial charge is 0.346 e. The standard InChI is InChI=1S/C10H10ClF3N2O.ClH/c11-8-3-6(12)1-2-7(8)9(17)16-5-10(13,14)4-15;/h1-3H,4-5,15H2,(H,16,17);1H. The van der Waals surface area contributed by atoms with Gasteiger partial charge in [-0.25, -0.2) is 13.2 Å². The van der Waals surface area contributed by atoms with Gasteiger partial charge in [0.2, 0.25) is 0 Å². The van der Waals surface area contributed by atoms with E-state index in [1.165, 1.54) is 0 Å². The highest BCUT2D eigenvalue weighted by molar-refractivity contribution is 6.33. The summed E-state index contributed by atoms with van der Waals surface area (Å²) in [7, 11) is 0. The summed E-state index contributed by atoms with van der Waals surface area (Å²) in [6.45, 7) is -1.76. The second-order valence-corrected chi connectivity index (χ2v) is 3.77. The first kappa shape index (κ1) is 17.0. The van der Waals surface area contributed by atoms with Crippen LogP contribution in [-0.2, 0) is 0 Å². The number of hydrogen-bond donors (Lipinski definition) is 2. The molecule has 1 aromatic carbocycles. The Morgan fingerprint density at radius 3 is 2.56 bits per heavy atom. The molecule has 18 heavy (non-hydrogen) atoms. The monoisotopic (exact) mass is 302 g/mol. The number of rotatable bonds is 4. The Kier molecular flexibility index (Phi) is 6.45. The highest BCUT2D eigenvalue weighted by Crippen LogP contribution is 2.17. The Hall–Kier alpha value is -0.980. The van der Waals surface area contributed by atoms with E-state index in [0.717, 1.165) is 18.2 Å². The first-order chi connectivity index (χ1) is 7.85. The van der Waals surface area contributed by atoms with Gasteiger partial charge < -0.3 is 11.1 Å². The van der Waals surface area contributed by atoms with Gasteiger partial charge in [-0.15, -0.1) is 12.4 Å². The first-order valence-electron chi connectivity index (χ1n) is 4.67. The summed E-state index contributed by atoms with van der Waals surface area (Å²) < 4.78 is 38.2. The summed E-state index contributed by atoms with van der Waals surface area (Å²) in [6.07, 6.45) is 0. The topological polar surface area (TPSA) is 55.1 Å². The van der Waals surface area contributed by atoms with E-state index in [1.807, 2.05) is 5.32 Å². The lowest BCUT2D eigenvalue weighted by molar-refractivity contribution is 0.0118. The second kappa shape index (κ2) is 6.82. The molecule has 102 valence electrons. The van der Waals surface area contributed by atoms with E-state index in [0.29, 0.717) is 0 Å². The Balaban J connectivity index is 0.00000289. The van der Waals surface area contributed by atoms with Crippen molar-refractivity contribution in [2.45, 2.75) is 5.92 Å². The molecule has 1 amide bonds. The number of nitrogens with two attached hydrogens (primary N) is 1. The van der Waals surface area contributed by atoms with Crippen LogP contribution in [0.25, 0.3) is 0 Å². The molecule has 0 saturated heterocycles. The molecule has 3 N–H and O–H groups in total. The summed E-state index contributed by atoms with van der Waals surface area (Å²) in [4.78, 5) is 11.4. The lowest BCUT2D eigenvalue weighted by atomic mass is 10.2. The molecule has 0 bridgehead atoms. The van der Waals surface area contributed by atoms with Crippen molar-refractivity contribution in [1.82, 2.24) is 5.32 Å². The molecule has 0 spiro atoms. The van der Waals surface area contributed by atoms with Gasteiger partial charge in [-0.05, 0) is 18.2 Å². The van der Waals surface area contributed by atoms with Crippen molar-refractivity contribution in [3.63, 3.8) is 0 Å². The molecule has 0 saturated carbocycles. The van der Waals surface area contributed by atoms with Crippen molar-refractivity contribution in [2.75, 3.05) is 13.1 Å². The summed E-state index contributed by atoms with van der Waals surface area (Å²) in [5, 5.41) is 1.83. The van der Waals surface area contributed by atoms with E-state index in [4.69, 9.17) is 17.3 Å². The van der Waals surface area contributed by atoms with Crippen LogP contribution in [0.5, 0.6) is 0 Å². The number of alkyl halides is 2.